The maximum Gasteiger partial charge on any atom is 0.252 e. The molecule has 2 fully saturated rings. The molecule has 1 atom stereocenters. The maximum absolute atomic E-state index is 12.4. The number of amides is 2. The van der Waals surface area contributed by atoms with Gasteiger partial charge in [-0.2, -0.15) is 0 Å². The molecular formula is C19H27N5O2. The number of hydrogen-bond donors (Lipinski definition) is 1. The summed E-state index contributed by atoms with van der Waals surface area (Å²) < 4.78 is 0. The summed E-state index contributed by atoms with van der Waals surface area (Å²) in [6.07, 6.45) is 5.68. The fraction of sp³-hybridized carbons (Fsp3) is 0.526. The number of hydrogen-bond acceptors (Lipinski definition) is 5. The Morgan fingerprint density at radius 1 is 1.38 bits per heavy atom. The molecule has 7 heteroatoms. The first-order chi connectivity index (χ1) is 12.5. The molecule has 2 aliphatic heterocycles. The molecule has 2 N–H and O–H groups in total. The molecule has 7 nitrogen and oxygen atoms in total. The minimum absolute atomic E-state index is 0.115. The van der Waals surface area contributed by atoms with Crippen LogP contribution in [0.15, 0.2) is 31.0 Å². The van der Waals surface area contributed by atoms with E-state index >= 15 is 0 Å². The molecule has 0 saturated carbocycles. The van der Waals surface area contributed by atoms with E-state index in [9.17, 15) is 9.59 Å². The van der Waals surface area contributed by atoms with E-state index in [-0.39, 0.29) is 11.4 Å². The average molecular weight is 357 g/mol. The van der Waals surface area contributed by atoms with E-state index in [0.29, 0.717) is 30.9 Å². The molecule has 1 aromatic heterocycles. The number of carbonyl (C=O) groups excluding carboxylic acids is 2. The van der Waals surface area contributed by atoms with E-state index < -0.39 is 5.91 Å². The molecule has 26 heavy (non-hydrogen) atoms. The van der Waals surface area contributed by atoms with Crippen molar-refractivity contribution in [2.45, 2.75) is 24.8 Å². The van der Waals surface area contributed by atoms with Crippen molar-refractivity contribution in [3.8, 4) is 0 Å². The van der Waals surface area contributed by atoms with E-state index in [1.165, 1.54) is 0 Å². The van der Waals surface area contributed by atoms with Gasteiger partial charge in [0.15, 0.2) is 0 Å². The monoisotopic (exact) mass is 357 g/mol. The first-order valence-corrected chi connectivity index (χ1v) is 9.06. The third-order valence-electron chi connectivity index (χ3n) is 5.71. The maximum atomic E-state index is 12.4. The number of piperazine rings is 1. The highest BCUT2D eigenvalue weighted by Gasteiger charge is 2.42. The molecule has 0 aromatic carbocycles. The third-order valence-corrected chi connectivity index (χ3v) is 5.71. The number of rotatable bonds is 4. The highest BCUT2D eigenvalue weighted by Crippen LogP contribution is 2.34. The van der Waals surface area contributed by atoms with Gasteiger partial charge in [-0.05, 0) is 32.0 Å². The van der Waals surface area contributed by atoms with Crippen molar-refractivity contribution in [2.75, 3.05) is 44.7 Å². The Labute approximate surface area is 154 Å². The Morgan fingerprint density at radius 3 is 2.92 bits per heavy atom. The highest BCUT2D eigenvalue weighted by atomic mass is 16.2. The lowest BCUT2D eigenvalue weighted by Gasteiger charge is -2.49. The van der Waals surface area contributed by atoms with Gasteiger partial charge in [-0.3, -0.25) is 14.5 Å². The largest absolute Gasteiger partial charge is 0.365 e. The Hall–Kier alpha value is -2.41. The van der Waals surface area contributed by atoms with E-state index in [1.54, 1.807) is 24.4 Å². The van der Waals surface area contributed by atoms with Crippen molar-refractivity contribution in [1.82, 2.24) is 14.8 Å². The van der Waals surface area contributed by atoms with E-state index in [1.807, 2.05) is 4.90 Å². The second-order valence-corrected chi connectivity index (χ2v) is 7.18. The van der Waals surface area contributed by atoms with Crippen molar-refractivity contribution >= 4 is 17.6 Å². The Balaban J connectivity index is 1.86. The molecule has 0 aliphatic carbocycles. The number of primary amides is 1. The van der Waals surface area contributed by atoms with Crippen LogP contribution in [0.2, 0.25) is 0 Å². The zero-order chi connectivity index (χ0) is 18.7. The first kappa shape index (κ1) is 18.4. The summed E-state index contributed by atoms with van der Waals surface area (Å²) in [5.74, 6) is 0.364. The van der Waals surface area contributed by atoms with Crippen LogP contribution in [0.1, 0.15) is 29.6 Å². The topological polar surface area (TPSA) is 82.8 Å². The summed E-state index contributed by atoms with van der Waals surface area (Å²) in [7, 11) is 2.12. The van der Waals surface area contributed by atoms with Crippen LogP contribution in [-0.4, -0.2) is 71.9 Å². The minimum Gasteiger partial charge on any atom is -0.365 e. The Morgan fingerprint density at radius 2 is 2.19 bits per heavy atom. The van der Waals surface area contributed by atoms with Gasteiger partial charge in [0.25, 0.3) is 5.91 Å². The minimum atomic E-state index is -0.464. The number of nitrogens with zero attached hydrogens (tertiary/aromatic N) is 4. The third kappa shape index (κ3) is 3.44. The summed E-state index contributed by atoms with van der Waals surface area (Å²) in [5, 5.41) is 0. The molecule has 2 saturated heterocycles. The SMILES string of the molecule is C=CCN1CC[C@]2(CCC1=O)CN(c1ncccc1C(N)=O)CCN2C. The van der Waals surface area contributed by atoms with Gasteiger partial charge in [0.2, 0.25) is 5.91 Å². The molecule has 0 unspecified atom stereocenters. The van der Waals surface area contributed by atoms with E-state index in [4.69, 9.17) is 5.73 Å². The normalized spacial score (nSPS) is 24.6. The van der Waals surface area contributed by atoms with Crippen LogP contribution in [0.3, 0.4) is 0 Å². The van der Waals surface area contributed by atoms with Gasteiger partial charge in [0.1, 0.15) is 5.82 Å². The van der Waals surface area contributed by atoms with Crippen LogP contribution in [0.4, 0.5) is 5.82 Å². The van der Waals surface area contributed by atoms with Crippen LogP contribution >= 0.6 is 0 Å². The Bertz CT molecular complexity index is 707. The second-order valence-electron chi connectivity index (χ2n) is 7.18. The second kappa shape index (κ2) is 7.45. The average Bonchev–Trinajstić information content (AvgIpc) is 2.79. The molecule has 2 amide bonds. The summed E-state index contributed by atoms with van der Waals surface area (Å²) in [4.78, 5) is 35.0. The number of likely N-dealkylation sites (N-methyl/N-ethyl adjacent to an activating group) is 1. The molecule has 3 rings (SSSR count). The number of carbonyl (C=O) groups is 2. The number of likely N-dealkylation sites (tertiary alicyclic amines) is 1. The van der Waals surface area contributed by atoms with Gasteiger partial charge in [0.05, 0.1) is 5.56 Å². The number of aromatic nitrogens is 1. The van der Waals surface area contributed by atoms with Crippen molar-refractivity contribution in [3.05, 3.63) is 36.5 Å². The lowest BCUT2D eigenvalue weighted by atomic mass is 9.86. The van der Waals surface area contributed by atoms with Gasteiger partial charge in [-0.1, -0.05) is 6.08 Å². The predicted octanol–water partition coefficient (Wildman–Crippen LogP) is 0.870. The number of pyridine rings is 1. The van der Waals surface area contributed by atoms with Crippen LogP contribution in [0.5, 0.6) is 0 Å². The zero-order valence-corrected chi connectivity index (χ0v) is 15.4. The highest BCUT2D eigenvalue weighted by molar-refractivity contribution is 5.97. The fourth-order valence-corrected chi connectivity index (χ4v) is 4.06. The standard InChI is InChI=1S/C19H27N5O2/c1-3-10-23-11-8-19(7-6-16(23)25)14-24(13-12-22(19)2)18-15(17(20)26)5-4-9-21-18/h3-5,9H,1,6-8,10-14H2,2H3,(H2,20,26)/t19-/m1/s1. The van der Waals surface area contributed by atoms with Crippen LogP contribution < -0.4 is 10.6 Å². The molecule has 2 aliphatic rings. The summed E-state index contributed by atoms with van der Waals surface area (Å²) in [5.41, 5.74) is 5.87. The van der Waals surface area contributed by atoms with Gasteiger partial charge < -0.3 is 15.5 Å². The van der Waals surface area contributed by atoms with Crippen LogP contribution in [0.25, 0.3) is 0 Å². The van der Waals surface area contributed by atoms with Crippen LogP contribution in [0, 0.1) is 0 Å². The smallest absolute Gasteiger partial charge is 0.252 e. The summed E-state index contributed by atoms with van der Waals surface area (Å²) >= 11 is 0. The van der Waals surface area contributed by atoms with Gasteiger partial charge in [-0.15, -0.1) is 6.58 Å². The zero-order valence-electron chi connectivity index (χ0n) is 15.4. The van der Waals surface area contributed by atoms with Crippen molar-refractivity contribution in [2.24, 2.45) is 5.73 Å². The molecule has 3 heterocycles. The lowest BCUT2D eigenvalue weighted by Crippen LogP contribution is -2.61. The van der Waals surface area contributed by atoms with Crippen molar-refractivity contribution < 1.29 is 9.59 Å². The Kier molecular flexibility index (Phi) is 5.27. The van der Waals surface area contributed by atoms with Gasteiger partial charge in [0, 0.05) is 50.9 Å². The lowest BCUT2D eigenvalue weighted by molar-refractivity contribution is -0.130. The number of anilines is 1. The molecule has 1 spiro atoms. The van der Waals surface area contributed by atoms with Gasteiger partial charge >= 0.3 is 0 Å². The molecule has 1 aromatic rings. The van der Waals surface area contributed by atoms with Crippen molar-refractivity contribution in [3.63, 3.8) is 0 Å². The molecule has 0 bridgehead atoms. The van der Waals surface area contributed by atoms with Gasteiger partial charge in [-0.25, -0.2) is 4.98 Å². The molecular weight excluding hydrogens is 330 g/mol. The summed E-state index contributed by atoms with van der Waals surface area (Å²) in [6, 6.07) is 3.45. The predicted molar refractivity (Wildman–Crippen MR) is 101 cm³/mol. The number of nitrogens with two attached hydrogens (primary N) is 1. The van der Waals surface area contributed by atoms with E-state index in [0.717, 1.165) is 32.5 Å². The molecule has 0 radical (unpaired) electrons. The van der Waals surface area contributed by atoms with Crippen LogP contribution in [-0.2, 0) is 4.79 Å². The molecule has 140 valence electrons. The first-order valence-electron chi connectivity index (χ1n) is 9.06. The van der Waals surface area contributed by atoms with E-state index in [2.05, 4.69) is 28.4 Å². The quantitative estimate of drug-likeness (QED) is 0.809. The summed E-state index contributed by atoms with van der Waals surface area (Å²) in [6.45, 7) is 7.42. The fourth-order valence-electron chi connectivity index (χ4n) is 4.06. The van der Waals surface area contributed by atoms with Crippen molar-refractivity contribution in [1.29, 1.82) is 0 Å².